The summed E-state index contributed by atoms with van der Waals surface area (Å²) in [7, 11) is -3.70. The molecule has 6 rings (SSSR count). The SMILES string of the molecule is Cc1cc(C)c(S(=O)(=O)N2CCCCC2COCC(=O)N2CCn3c(CN4CCOCC4)ccc3C2c2ccccc2)c(C)c1. The number of rotatable bonds is 9. The maximum atomic E-state index is 13.9. The van der Waals surface area contributed by atoms with E-state index in [0.717, 1.165) is 80.2 Å². The molecule has 4 heterocycles. The Bertz CT molecular complexity index is 1580. The van der Waals surface area contributed by atoms with Crippen LogP contribution in [-0.4, -0.2) is 91.6 Å². The fourth-order valence-corrected chi connectivity index (χ4v) is 9.52. The Morgan fingerprint density at radius 2 is 1.64 bits per heavy atom. The van der Waals surface area contributed by atoms with Gasteiger partial charge in [-0.1, -0.05) is 54.4 Å². The first-order valence-electron chi connectivity index (χ1n) is 16.2. The minimum absolute atomic E-state index is 0.0820. The summed E-state index contributed by atoms with van der Waals surface area (Å²) in [5.74, 6) is -0.0820. The summed E-state index contributed by atoms with van der Waals surface area (Å²) in [6.45, 7) is 11.8. The van der Waals surface area contributed by atoms with Gasteiger partial charge in [-0.15, -0.1) is 0 Å². The van der Waals surface area contributed by atoms with Crippen molar-refractivity contribution in [3.8, 4) is 0 Å². The van der Waals surface area contributed by atoms with E-state index < -0.39 is 10.0 Å². The quantitative estimate of drug-likeness (QED) is 0.346. The van der Waals surface area contributed by atoms with E-state index in [9.17, 15) is 13.2 Å². The number of aromatic nitrogens is 1. The van der Waals surface area contributed by atoms with Crippen LogP contribution >= 0.6 is 0 Å². The molecule has 2 unspecified atom stereocenters. The Labute approximate surface area is 267 Å². The smallest absolute Gasteiger partial charge is 0.249 e. The minimum Gasteiger partial charge on any atom is -0.379 e. The van der Waals surface area contributed by atoms with Crippen LogP contribution in [0.3, 0.4) is 0 Å². The summed E-state index contributed by atoms with van der Waals surface area (Å²) < 4.78 is 43.5. The second kappa shape index (κ2) is 13.8. The van der Waals surface area contributed by atoms with Crippen molar-refractivity contribution in [3.05, 3.63) is 88.2 Å². The first-order valence-corrected chi connectivity index (χ1v) is 17.7. The molecule has 2 atom stereocenters. The van der Waals surface area contributed by atoms with E-state index in [-0.39, 0.29) is 31.2 Å². The molecule has 3 aromatic rings. The van der Waals surface area contributed by atoms with Crippen molar-refractivity contribution in [2.24, 2.45) is 0 Å². The van der Waals surface area contributed by atoms with Crippen LogP contribution in [0.2, 0.25) is 0 Å². The molecule has 0 aliphatic carbocycles. The molecule has 9 nitrogen and oxygen atoms in total. The Morgan fingerprint density at radius 3 is 2.38 bits per heavy atom. The van der Waals surface area contributed by atoms with Crippen LogP contribution in [0.25, 0.3) is 0 Å². The van der Waals surface area contributed by atoms with Gasteiger partial charge >= 0.3 is 0 Å². The summed E-state index contributed by atoms with van der Waals surface area (Å²) in [4.78, 5) is 18.6. The number of hydrogen-bond donors (Lipinski definition) is 0. The third-order valence-corrected chi connectivity index (χ3v) is 11.7. The molecule has 0 bridgehead atoms. The minimum atomic E-state index is -3.70. The first-order chi connectivity index (χ1) is 21.7. The highest BCUT2D eigenvalue weighted by Gasteiger charge is 2.37. The van der Waals surface area contributed by atoms with Gasteiger partial charge in [-0.3, -0.25) is 9.69 Å². The van der Waals surface area contributed by atoms with Gasteiger partial charge in [-0.25, -0.2) is 8.42 Å². The van der Waals surface area contributed by atoms with Gasteiger partial charge in [0.15, 0.2) is 0 Å². The van der Waals surface area contributed by atoms with E-state index in [1.54, 1.807) is 4.31 Å². The topological polar surface area (TPSA) is 84.3 Å². The van der Waals surface area contributed by atoms with Crippen molar-refractivity contribution in [2.45, 2.75) is 70.1 Å². The zero-order chi connectivity index (χ0) is 31.6. The maximum absolute atomic E-state index is 13.9. The fourth-order valence-electron chi connectivity index (χ4n) is 7.43. The first kappa shape index (κ1) is 31.9. The number of fused-ring (bicyclic) bond motifs is 1. The maximum Gasteiger partial charge on any atom is 0.249 e. The molecule has 1 amide bonds. The molecule has 10 heteroatoms. The monoisotopic (exact) mass is 634 g/mol. The lowest BCUT2D eigenvalue weighted by Gasteiger charge is -2.39. The van der Waals surface area contributed by atoms with E-state index in [1.807, 2.05) is 56.0 Å². The van der Waals surface area contributed by atoms with Crippen molar-refractivity contribution >= 4 is 15.9 Å². The molecule has 242 valence electrons. The lowest BCUT2D eigenvalue weighted by Crippen LogP contribution is -2.47. The number of hydrogen-bond acceptors (Lipinski definition) is 6. The predicted molar refractivity (Wildman–Crippen MR) is 174 cm³/mol. The third-order valence-electron chi connectivity index (χ3n) is 9.47. The molecule has 1 aromatic heterocycles. The number of sulfonamides is 1. The average Bonchev–Trinajstić information content (AvgIpc) is 3.43. The van der Waals surface area contributed by atoms with E-state index in [1.165, 1.54) is 5.69 Å². The fraction of sp³-hybridized carbons (Fsp3) is 0.514. The van der Waals surface area contributed by atoms with Gasteiger partial charge in [0.05, 0.1) is 30.8 Å². The lowest BCUT2D eigenvalue weighted by molar-refractivity contribution is -0.139. The predicted octanol–water partition coefficient (Wildman–Crippen LogP) is 4.44. The van der Waals surface area contributed by atoms with Gasteiger partial charge in [0.1, 0.15) is 6.61 Å². The normalized spacial score (nSPS) is 21.5. The second-order valence-corrected chi connectivity index (χ2v) is 14.5. The molecule has 3 aliphatic heterocycles. The van der Waals surface area contributed by atoms with Crippen LogP contribution in [0.4, 0.5) is 0 Å². The molecule has 3 aliphatic rings. The molecule has 2 fully saturated rings. The molecule has 2 aromatic carbocycles. The number of ether oxygens (including phenoxy) is 2. The van der Waals surface area contributed by atoms with Crippen LogP contribution in [0.15, 0.2) is 59.5 Å². The van der Waals surface area contributed by atoms with Crippen LogP contribution in [-0.2, 0) is 37.4 Å². The van der Waals surface area contributed by atoms with Gasteiger partial charge in [0, 0.05) is 56.7 Å². The number of aryl methyl sites for hydroxylation is 3. The molecule has 2 saturated heterocycles. The number of piperidine rings is 1. The standard InChI is InChI=1S/C35H46N4O5S/c1-26-21-27(2)35(28(3)22-26)45(41,42)39-14-8-7-11-31(39)24-44-25-33(40)38-16-15-37-30(23-36-17-19-43-20-18-36)12-13-32(37)34(38)29-9-5-4-6-10-29/h4-6,9-10,12-13,21-22,31,34H,7-8,11,14-20,23-25H2,1-3H3. The Kier molecular flexibility index (Phi) is 9.77. The number of carbonyl (C=O) groups is 1. The summed E-state index contributed by atoms with van der Waals surface area (Å²) in [5, 5.41) is 0. The van der Waals surface area contributed by atoms with E-state index in [0.29, 0.717) is 24.4 Å². The average molecular weight is 635 g/mol. The molecular formula is C35H46N4O5S. The van der Waals surface area contributed by atoms with Crippen LogP contribution < -0.4 is 0 Å². The number of nitrogens with zero attached hydrogens (tertiary/aromatic N) is 4. The molecular weight excluding hydrogens is 588 g/mol. The van der Waals surface area contributed by atoms with E-state index in [4.69, 9.17) is 9.47 Å². The third kappa shape index (κ3) is 6.76. The highest BCUT2D eigenvalue weighted by atomic mass is 32.2. The van der Waals surface area contributed by atoms with Crippen molar-refractivity contribution in [1.29, 1.82) is 0 Å². The Balaban J connectivity index is 1.16. The van der Waals surface area contributed by atoms with Gasteiger partial charge in [0.25, 0.3) is 0 Å². The highest BCUT2D eigenvalue weighted by molar-refractivity contribution is 7.89. The Hall–Kier alpha value is -3.02. The van der Waals surface area contributed by atoms with Crippen molar-refractivity contribution < 1.29 is 22.7 Å². The van der Waals surface area contributed by atoms with Crippen molar-refractivity contribution in [1.82, 2.24) is 18.7 Å². The Morgan fingerprint density at radius 1 is 0.911 bits per heavy atom. The van der Waals surface area contributed by atoms with Gasteiger partial charge in [-0.05, 0) is 62.4 Å². The zero-order valence-electron chi connectivity index (χ0n) is 26.8. The molecule has 0 spiro atoms. The summed E-state index contributed by atoms with van der Waals surface area (Å²) in [5.41, 5.74) is 6.02. The lowest BCUT2D eigenvalue weighted by atomic mass is 10.00. The van der Waals surface area contributed by atoms with Crippen molar-refractivity contribution in [3.63, 3.8) is 0 Å². The molecule has 0 N–H and O–H groups in total. The summed E-state index contributed by atoms with van der Waals surface area (Å²) in [6, 6.07) is 17.9. The van der Waals surface area contributed by atoms with Gasteiger partial charge in [-0.2, -0.15) is 4.31 Å². The van der Waals surface area contributed by atoms with Crippen LogP contribution in [0.1, 0.15) is 58.9 Å². The summed E-state index contributed by atoms with van der Waals surface area (Å²) in [6.07, 6.45) is 2.47. The zero-order valence-corrected chi connectivity index (χ0v) is 27.6. The molecule has 0 radical (unpaired) electrons. The number of morpholine rings is 1. The largest absolute Gasteiger partial charge is 0.379 e. The van der Waals surface area contributed by atoms with Gasteiger partial charge in [0.2, 0.25) is 15.9 Å². The number of carbonyl (C=O) groups excluding carboxylic acids is 1. The second-order valence-electron chi connectivity index (χ2n) is 12.7. The van der Waals surface area contributed by atoms with Crippen LogP contribution in [0, 0.1) is 20.8 Å². The molecule has 45 heavy (non-hydrogen) atoms. The summed E-state index contributed by atoms with van der Waals surface area (Å²) >= 11 is 0. The molecule has 0 saturated carbocycles. The van der Waals surface area contributed by atoms with Gasteiger partial charge < -0.3 is 18.9 Å². The van der Waals surface area contributed by atoms with Crippen molar-refractivity contribution in [2.75, 3.05) is 52.6 Å². The number of benzene rings is 2. The highest BCUT2D eigenvalue weighted by Crippen LogP contribution is 2.35. The van der Waals surface area contributed by atoms with Crippen LogP contribution in [0.5, 0.6) is 0 Å². The van der Waals surface area contributed by atoms with E-state index in [2.05, 4.69) is 33.7 Å². The number of amides is 1. The van der Waals surface area contributed by atoms with E-state index >= 15 is 0 Å².